The Kier molecular flexibility index (Phi) is 6.33. The number of hydrogen-bond acceptors (Lipinski definition) is 4. The van der Waals surface area contributed by atoms with Crippen LogP contribution in [0.4, 0.5) is 0 Å². The smallest absolute Gasteiger partial charge is 0.192 e. The van der Waals surface area contributed by atoms with E-state index in [1.54, 1.807) is 18.2 Å². The first-order chi connectivity index (χ1) is 12.0. The highest BCUT2D eigenvalue weighted by Gasteiger charge is 2.44. The fourth-order valence-corrected chi connectivity index (χ4v) is 3.95. The Balaban J connectivity index is 2.71. The number of ketones is 1. The Morgan fingerprint density at radius 1 is 1.00 bits per heavy atom. The molecular formula is C20H23O4P. The van der Waals surface area contributed by atoms with Gasteiger partial charge in [-0.3, -0.25) is 9.36 Å². The first-order valence-electron chi connectivity index (χ1n) is 8.16. The number of hydrogen-bond donors (Lipinski definition) is 0. The molecule has 25 heavy (non-hydrogen) atoms. The molecule has 2 rings (SSSR count). The van der Waals surface area contributed by atoms with Crippen LogP contribution in [0.25, 0.3) is 0 Å². The summed E-state index contributed by atoms with van der Waals surface area (Å²) in [7, 11) is 2.77. The molecule has 0 spiro atoms. The van der Waals surface area contributed by atoms with Gasteiger partial charge in [0.2, 0.25) is 0 Å². The largest absolute Gasteiger partial charge is 0.496 e. The summed E-state index contributed by atoms with van der Waals surface area (Å²) in [4.78, 5) is 13.6. The van der Waals surface area contributed by atoms with Crippen molar-refractivity contribution in [1.82, 2.24) is 0 Å². The summed E-state index contributed by atoms with van der Waals surface area (Å²) in [5.41, 5.74) is 1.04. The van der Waals surface area contributed by atoms with E-state index in [0.717, 1.165) is 5.56 Å². The van der Waals surface area contributed by atoms with Gasteiger partial charge in [0.05, 0.1) is 14.2 Å². The lowest BCUT2D eigenvalue weighted by Crippen LogP contribution is -2.32. The van der Waals surface area contributed by atoms with E-state index in [9.17, 15) is 9.36 Å². The number of carbonyl (C=O) groups excluding carboxylic acids is 1. The van der Waals surface area contributed by atoms with Gasteiger partial charge in [0.25, 0.3) is 0 Å². The zero-order valence-electron chi connectivity index (χ0n) is 15.0. The van der Waals surface area contributed by atoms with Crippen molar-refractivity contribution in [1.29, 1.82) is 0 Å². The Labute approximate surface area is 150 Å². The summed E-state index contributed by atoms with van der Waals surface area (Å²) < 4.78 is 23.1. The number of benzene rings is 2. The number of rotatable bonds is 8. The van der Waals surface area contributed by atoms with Crippen molar-refractivity contribution in [3.8, 4) is 11.5 Å². The van der Waals surface area contributed by atoms with E-state index in [1.165, 1.54) is 14.2 Å². The molecule has 0 aliphatic rings. The summed E-state index contributed by atoms with van der Waals surface area (Å²) in [5, 5.41) is -1.18. The molecule has 1 unspecified atom stereocenters. The van der Waals surface area contributed by atoms with E-state index in [4.69, 9.17) is 9.47 Å². The van der Waals surface area contributed by atoms with Gasteiger partial charge in [-0.05, 0) is 30.0 Å². The molecule has 0 aliphatic carbocycles. The van der Waals surface area contributed by atoms with Crippen molar-refractivity contribution in [2.24, 2.45) is 5.92 Å². The predicted octanol–water partition coefficient (Wildman–Crippen LogP) is 5.12. The van der Waals surface area contributed by atoms with Crippen LogP contribution in [0, 0.1) is 5.92 Å². The van der Waals surface area contributed by atoms with Crippen molar-refractivity contribution in [2.45, 2.75) is 25.4 Å². The van der Waals surface area contributed by atoms with E-state index in [1.807, 2.05) is 44.2 Å². The van der Waals surface area contributed by atoms with Gasteiger partial charge < -0.3 is 9.47 Å². The molecule has 5 heteroatoms. The maximum Gasteiger partial charge on any atom is 0.192 e. The molecular weight excluding hydrogens is 335 g/mol. The summed E-state index contributed by atoms with van der Waals surface area (Å²) in [5.74, 6) is 0.735. The van der Waals surface area contributed by atoms with Crippen molar-refractivity contribution in [3.63, 3.8) is 0 Å². The zero-order chi connectivity index (χ0) is 18.4. The lowest BCUT2D eigenvalue weighted by atomic mass is 9.82. The molecule has 0 fully saturated rings. The minimum Gasteiger partial charge on any atom is -0.496 e. The van der Waals surface area contributed by atoms with Crippen molar-refractivity contribution in [3.05, 3.63) is 59.7 Å². The van der Waals surface area contributed by atoms with Crippen LogP contribution in [-0.4, -0.2) is 20.0 Å². The zero-order valence-corrected chi connectivity index (χ0v) is 15.9. The van der Waals surface area contributed by atoms with Crippen LogP contribution in [0.5, 0.6) is 11.5 Å². The van der Waals surface area contributed by atoms with Crippen molar-refractivity contribution in [2.75, 3.05) is 14.2 Å². The average Bonchev–Trinajstić information content (AvgIpc) is 2.65. The van der Waals surface area contributed by atoms with Crippen LogP contribution < -0.4 is 9.47 Å². The second-order valence-corrected chi connectivity index (χ2v) is 7.23. The number of Topliss-reactive ketones (excluding diaryl/α,β-unsaturated/α-hetero) is 1. The molecule has 4 nitrogen and oxygen atoms in total. The quantitative estimate of drug-likeness (QED) is 0.485. The standard InChI is InChI=1S/C20H23O4P/c1-14(2)13-20(25-22,15-9-6-5-7-10-15)19(21)18-16(23-3)11-8-12-17(18)24-4/h5-12,14H,13H2,1-4H3. The Morgan fingerprint density at radius 3 is 2.00 bits per heavy atom. The van der Waals surface area contributed by atoms with Gasteiger partial charge >= 0.3 is 0 Å². The van der Waals surface area contributed by atoms with Crippen molar-refractivity contribution >= 4 is 14.2 Å². The Morgan fingerprint density at radius 2 is 1.56 bits per heavy atom. The van der Waals surface area contributed by atoms with Gasteiger partial charge in [0.15, 0.2) is 14.2 Å². The molecule has 0 amide bonds. The van der Waals surface area contributed by atoms with Crippen LogP contribution >= 0.6 is 8.46 Å². The fourth-order valence-electron chi connectivity index (χ4n) is 3.06. The fraction of sp³-hybridized carbons (Fsp3) is 0.350. The molecule has 2 aromatic rings. The lowest BCUT2D eigenvalue weighted by molar-refractivity contribution is 0.0918. The highest BCUT2D eigenvalue weighted by Crippen LogP contribution is 2.46. The van der Waals surface area contributed by atoms with Crippen LogP contribution in [0.3, 0.4) is 0 Å². The molecule has 1 atom stereocenters. The molecule has 2 aromatic carbocycles. The maximum absolute atomic E-state index is 13.6. The second kappa shape index (κ2) is 8.26. The van der Waals surface area contributed by atoms with Gasteiger partial charge in [-0.15, -0.1) is 0 Å². The molecule has 0 saturated heterocycles. The molecule has 0 aliphatic heterocycles. The molecule has 0 N–H and O–H groups in total. The lowest BCUT2D eigenvalue weighted by Gasteiger charge is -2.29. The third kappa shape index (κ3) is 3.74. The molecule has 0 heterocycles. The van der Waals surface area contributed by atoms with Crippen LogP contribution in [0.2, 0.25) is 0 Å². The van der Waals surface area contributed by atoms with Gasteiger partial charge in [-0.1, -0.05) is 50.2 Å². The minimum atomic E-state index is -1.18. The SMILES string of the molecule is COc1cccc(OC)c1C(=O)C(CC(C)C)(P=O)c1ccccc1. The third-order valence-electron chi connectivity index (χ3n) is 4.14. The predicted molar refractivity (Wildman–Crippen MR) is 99.1 cm³/mol. The van der Waals surface area contributed by atoms with E-state index >= 15 is 0 Å². The maximum atomic E-state index is 13.6. The molecule has 0 aromatic heterocycles. The van der Waals surface area contributed by atoms with E-state index in [0.29, 0.717) is 23.5 Å². The average molecular weight is 358 g/mol. The Hall–Kier alpha value is -2.19. The van der Waals surface area contributed by atoms with Gasteiger partial charge in [0, 0.05) is 0 Å². The van der Waals surface area contributed by atoms with Gasteiger partial charge in [-0.25, -0.2) is 0 Å². The van der Waals surface area contributed by atoms with Crippen LogP contribution in [-0.2, 0) is 9.72 Å². The monoisotopic (exact) mass is 358 g/mol. The molecule has 132 valence electrons. The Bertz CT molecular complexity index is 720. The molecule has 0 radical (unpaired) electrons. The number of ether oxygens (including phenoxy) is 2. The second-order valence-electron chi connectivity index (χ2n) is 6.28. The summed E-state index contributed by atoms with van der Waals surface area (Å²) in [6.07, 6.45) is 0.447. The molecule has 0 bridgehead atoms. The van der Waals surface area contributed by atoms with Crippen LogP contribution in [0.1, 0.15) is 36.2 Å². The normalized spacial score (nSPS) is 13.5. The number of methoxy groups -OCH3 is 2. The summed E-state index contributed by atoms with van der Waals surface area (Å²) in [6, 6.07) is 14.4. The highest BCUT2D eigenvalue weighted by atomic mass is 31.1. The topological polar surface area (TPSA) is 52.6 Å². The highest BCUT2D eigenvalue weighted by molar-refractivity contribution is 7.27. The minimum absolute atomic E-state index is 0.173. The van der Waals surface area contributed by atoms with E-state index in [2.05, 4.69) is 0 Å². The third-order valence-corrected chi connectivity index (χ3v) is 5.10. The summed E-state index contributed by atoms with van der Waals surface area (Å²) in [6.45, 7) is 4.02. The van der Waals surface area contributed by atoms with Gasteiger partial charge in [-0.2, -0.15) is 0 Å². The molecule has 0 saturated carbocycles. The van der Waals surface area contributed by atoms with Gasteiger partial charge in [0.1, 0.15) is 22.2 Å². The van der Waals surface area contributed by atoms with Crippen LogP contribution in [0.15, 0.2) is 48.5 Å². The van der Waals surface area contributed by atoms with E-state index in [-0.39, 0.29) is 20.2 Å². The number of carbonyl (C=O) groups is 1. The first kappa shape index (κ1) is 19.1. The van der Waals surface area contributed by atoms with Crippen molar-refractivity contribution < 1.29 is 18.8 Å². The first-order valence-corrected chi connectivity index (χ1v) is 8.97. The summed E-state index contributed by atoms with van der Waals surface area (Å²) >= 11 is 0. The van der Waals surface area contributed by atoms with E-state index < -0.39 is 5.16 Å².